The molecule has 0 aliphatic carbocycles. The molecule has 0 saturated carbocycles. The second-order valence-electron chi connectivity index (χ2n) is 9.58. The molecule has 2 aliphatic heterocycles. The predicted octanol–water partition coefficient (Wildman–Crippen LogP) is 3.22. The van der Waals surface area contributed by atoms with E-state index in [1.165, 1.54) is 13.2 Å². The number of carbonyl (C=O) groups is 1. The van der Waals surface area contributed by atoms with Crippen molar-refractivity contribution in [2.24, 2.45) is 5.41 Å². The fraction of sp³-hybridized carbons (Fsp3) is 0.500. The summed E-state index contributed by atoms with van der Waals surface area (Å²) in [6.07, 6.45) is 9.77. The van der Waals surface area contributed by atoms with Gasteiger partial charge in [-0.15, -0.1) is 0 Å². The third-order valence-corrected chi connectivity index (χ3v) is 7.29. The number of hydrogen-bond donors (Lipinski definition) is 2. The zero-order valence-corrected chi connectivity index (χ0v) is 22.1. The summed E-state index contributed by atoms with van der Waals surface area (Å²) >= 11 is 0. The minimum absolute atomic E-state index is 0.0909. The number of allylic oxidation sites excluding steroid dienone is 4. The molecule has 0 unspecified atom stereocenters. The number of aliphatic hydroxyl groups excluding tert-OH is 1. The first-order chi connectivity index (χ1) is 17.5. The van der Waals surface area contributed by atoms with E-state index in [9.17, 15) is 19.8 Å². The van der Waals surface area contributed by atoms with Crippen molar-refractivity contribution < 1.29 is 38.4 Å². The van der Waals surface area contributed by atoms with Gasteiger partial charge < -0.3 is 33.6 Å². The van der Waals surface area contributed by atoms with Crippen LogP contribution in [0.2, 0.25) is 0 Å². The molecule has 0 spiro atoms. The Morgan fingerprint density at radius 1 is 1.19 bits per heavy atom. The first-order valence-corrected chi connectivity index (χ1v) is 12.2. The van der Waals surface area contributed by atoms with Gasteiger partial charge in [0, 0.05) is 11.1 Å². The van der Waals surface area contributed by atoms with E-state index < -0.39 is 47.2 Å². The Labute approximate surface area is 216 Å². The van der Waals surface area contributed by atoms with Crippen LogP contribution >= 0.6 is 0 Å². The van der Waals surface area contributed by atoms with Gasteiger partial charge in [0.1, 0.15) is 29.8 Å². The normalized spacial score (nSPS) is 32.1. The summed E-state index contributed by atoms with van der Waals surface area (Å²) in [6.45, 7) is 8.86. The van der Waals surface area contributed by atoms with Crippen molar-refractivity contribution in [1.82, 2.24) is 0 Å². The summed E-state index contributed by atoms with van der Waals surface area (Å²) in [6, 6.07) is 1.25. The first-order valence-electron chi connectivity index (χ1n) is 12.2. The van der Waals surface area contributed by atoms with Gasteiger partial charge >= 0.3 is 11.6 Å². The quantitative estimate of drug-likeness (QED) is 0.289. The summed E-state index contributed by atoms with van der Waals surface area (Å²) < 4.78 is 27.3. The van der Waals surface area contributed by atoms with Crippen LogP contribution in [0.3, 0.4) is 0 Å². The molecule has 0 bridgehead atoms. The van der Waals surface area contributed by atoms with Gasteiger partial charge in [-0.25, -0.2) is 9.59 Å². The van der Waals surface area contributed by atoms with E-state index in [2.05, 4.69) is 4.74 Å². The van der Waals surface area contributed by atoms with Gasteiger partial charge in [-0.3, -0.25) is 0 Å². The lowest BCUT2D eigenvalue weighted by molar-refractivity contribution is -0.144. The van der Waals surface area contributed by atoms with Crippen LogP contribution in [0.4, 0.5) is 0 Å². The van der Waals surface area contributed by atoms with Gasteiger partial charge in [0.25, 0.3) is 0 Å². The Balaban J connectivity index is 1.61. The van der Waals surface area contributed by atoms with Crippen molar-refractivity contribution >= 4 is 12.0 Å². The highest BCUT2D eigenvalue weighted by Crippen LogP contribution is 2.55. The highest BCUT2D eigenvalue weighted by molar-refractivity contribution is 5.87. The smallest absolute Gasteiger partial charge is 0.339 e. The minimum Gasteiger partial charge on any atom is -0.489 e. The van der Waals surface area contributed by atoms with Crippen molar-refractivity contribution in [3.05, 3.63) is 69.8 Å². The largest absolute Gasteiger partial charge is 0.489 e. The molecule has 9 nitrogen and oxygen atoms in total. The number of carbonyl (C=O) groups excluding carboxylic acids is 1. The van der Waals surface area contributed by atoms with Crippen LogP contribution in [0.5, 0.6) is 5.75 Å². The van der Waals surface area contributed by atoms with E-state index >= 15 is 0 Å². The SMILES string of the molecule is CC[C@H]1O[C@@H]2O[C@H](/C=C/C=C/C=C/c3oc(=O)cc(OC/C=C(\C)C(=O)OC)c3C)[C@H](O)[C@]2(C)[C@@]1(C)O. The molecule has 0 aromatic carbocycles. The van der Waals surface area contributed by atoms with E-state index in [1.807, 2.05) is 6.92 Å². The van der Waals surface area contributed by atoms with E-state index in [0.29, 0.717) is 29.1 Å². The van der Waals surface area contributed by atoms with Crippen molar-refractivity contribution in [1.29, 1.82) is 0 Å². The average Bonchev–Trinajstić information content (AvgIpc) is 3.22. The zero-order valence-electron chi connectivity index (χ0n) is 22.1. The third-order valence-electron chi connectivity index (χ3n) is 7.29. The van der Waals surface area contributed by atoms with Crippen molar-refractivity contribution in [3.63, 3.8) is 0 Å². The zero-order chi connectivity index (χ0) is 27.4. The summed E-state index contributed by atoms with van der Waals surface area (Å²) in [5.74, 6) is 0.238. The summed E-state index contributed by atoms with van der Waals surface area (Å²) in [4.78, 5) is 23.4. The van der Waals surface area contributed by atoms with Crippen molar-refractivity contribution in [2.75, 3.05) is 13.7 Å². The molecule has 0 amide bonds. The van der Waals surface area contributed by atoms with Crippen molar-refractivity contribution in [2.45, 2.75) is 71.2 Å². The molecular weight excluding hydrogens is 480 g/mol. The fourth-order valence-electron chi connectivity index (χ4n) is 4.63. The summed E-state index contributed by atoms with van der Waals surface area (Å²) in [5.41, 5.74) is -1.69. The molecule has 202 valence electrons. The van der Waals surface area contributed by atoms with Crippen LogP contribution in [0.25, 0.3) is 6.08 Å². The highest BCUT2D eigenvalue weighted by Gasteiger charge is 2.69. The molecular formula is C28H36O9. The van der Waals surface area contributed by atoms with Crippen LogP contribution in [0.1, 0.15) is 45.4 Å². The maximum atomic E-state index is 12.0. The van der Waals surface area contributed by atoms with Crippen LogP contribution in [0.15, 0.2) is 57.3 Å². The van der Waals surface area contributed by atoms with Crippen LogP contribution in [-0.2, 0) is 19.0 Å². The maximum Gasteiger partial charge on any atom is 0.339 e. The van der Waals surface area contributed by atoms with Gasteiger partial charge in [-0.2, -0.15) is 0 Å². The average molecular weight is 517 g/mol. The number of esters is 1. The number of ether oxygens (including phenoxy) is 4. The van der Waals surface area contributed by atoms with E-state index in [0.717, 1.165) is 0 Å². The van der Waals surface area contributed by atoms with Crippen LogP contribution < -0.4 is 10.4 Å². The second-order valence-corrected chi connectivity index (χ2v) is 9.58. The summed E-state index contributed by atoms with van der Waals surface area (Å²) in [5, 5.41) is 21.9. The molecule has 2 N–H and O–H groups in total. The Hall–Kier alpha value is -2.98. The molecule has 2 saturated heterocycles. The fourth-order valence-corrected chi connectivity index (χ4v) is 4.63. The molecule has 3 heterocycles. The molecule has 9 heteroatoms. The molecule has 2 aliphatic rings. The van der Waals surface area contributed by atoms with Crippen LogP contribution in [0, 0.1) is 12.3 Å². The van der Waals surface area contributed by atoms with Gasteiger partial charge in [0.15, 0.2) is 6.29 Å². The predicted molar refractivity (Wildman–Crippen MR) is 137 cm³/mol. The Morgan fingerprint density at radius 2 is 1.89 bits per heavy atom. The number of hydrogen-bond acceptors (Lipinski definition) is 9. The molecule has 2 fully saturated rings. The van der Waals surface area contributed by atoms with E-state index in [-0.39, 0.29) is 6.61 Å². The summed E-state index contributed by atoms with van der Waals surface area (Å²) in [7, 11) is 1.30. The minimum atomic E-state index is -1.22. The van der Waals surface area contributed by atoms with Gasteiger partial charge in [0.2, 0.25) is 0 Å². The molecule has 1 aromatic rings. The molecule has 3 rings (SSSR count). The number of methoxy groups -OCH3 is 1. The third kappa shape index (κ3) is 5.65. The van der Waals surface area contributed by atoms with Crippen molar-refractivity contribution in [3.8, 4) is 5.75 Å². The lowest BCUT2D eigenvalue weighted by Crippen LogP contribution is -2.54. The van der Waals surface area contributed by atoms with Gasteiger partial charge in [-0.1, -0.05) is 37.3 Å². The van der Waals surface area contributed by atoms with E-state index in [1.54, 1.807) is 70.2 Å². The first kappa shape index (κ1) is 28.6. The van der Waals surface area contributed by atoms with Gasteiger partial charge in [-0.05, 0) is 46.3 Å². The molecule has 37 heavy (non-hydrogen) atoms. The number of aliphatic hydroxyl groups is 2. The van der Waals surface area contributed by atoms with Gasteiger partial charge in [0.05, 0.1) is 30.8 Å². The van der Waals surface area contributed by atoms with E-state index in [4.69, 9.17) is 18.6 Å². The highest BCUT2D eigenvalue weighted by atomic mass is 16.7. The standard InChI is InChI=1S/C28H36O9/c1-7-22-28(5,32)27(4)24(30)20(36-26(27)37-22)13-11-9-8-10-12-19-18(3)21(16-23(29)35-19)34-15-14-17(2)25(31)33-6/h8-14,16,20,22,24,26,30,32H,7,15H2,1-6H3/b9-8+,12-10+,13-11+,17-14+/t20-,22-,24+,26+,27+,28+/m1/s1. The Bertz CT molecular complexity index is 1160. The lowest BCUT2D eigenvalue weighted by Gasteiger charge is -2.38. The lowest BCUT2D eigenvalue weighted by atomic mass is 9.69. The topological polar surface area (TPSA) is 125 Å². The maximum absolute atomic E-state index is 12.0. The van der Waals surface area contributed by atoms with Crippen LogP contribution in [-0.4, -0.2) is 60.1 Å². The monoisotopic (exact) mass is 516 g/mol. The molecule has 0 radical (unpaired) electrons. The number of fused-ring (bicyclic) bond motifs is 1. The number of rotatable bonds is 9. The molecule has 1 aromatic heterocycles. The Kier molecular flexibility index (Phi) is 8.96. The molecule has 6 atom stereocenters. The second kappa shape index (κ2) is 11.6. The Morgan fingerprint density at radius 3 is 2.54 bits per heavy atom.